The first-order valence-corrected chi connectivity index (χ1v) is 7.14. The van der Waals surface area contributed by atoms with Gasteiger partial charge in [0.2, 0.25) is 0 Å². The Hall–Kier alpha value is -1.02. The summed E-state index contributed by atoms with van der Waals surface area (Å²) in [5.74, 6) is 1.84. The van der Waals surface area contributed by atoms with E-state index >= 15 is 0 Å². The lowest BCUT2D eigenvalue weighted by Gasteiger charge is -2.27. The third-order valence-electron chi connectivity index (χ3n) is 3.94. The highest BCUT2D eigenvalue weighted by atomic mass is 16.5. The molecule has 0 saturated heterocycles. The highest BCUT2D eigenvalue weighted by molar-refractivity contribution is 5.27. The molecule has 0 bridgehead atoms. The Balaban J connectivity index is 1.70. The number of methoxy groups -OCH3 is 1. The van der Waals surface area contributed by atoms with Gasteiger partial charge in [-0.25, -0.2) is 0 Å². The van der Waals surface area contributed by atoms with Gasteiger partial charge in [-0.1, -0.05) is 31.9 Å². The van der Waals surface area contributed by atoms with Crippen molar-refractivity contribution in [3.63, 3.8) is 0 Å². The average Bonchev–Trinajstić information content (AvgIpc) is 2.40. The van der Waals surface area contributed by atoms with Gasteiger partial charge in [-0.3, -0.25) is 0 Å². The molecule has 1 saturated carbocycles. The summed E-state index contributed by atoms with van der Waals surface area (Å²) in [6, 6.07) is 9.14. The fourth-order valence-electron chi connectivity index (χ4n) is 2.83. The van der Waals surface area contributed by atoms with E-state index in [2.05, 4.69) is 24.4 Å². The van der Waals surface area contributed by atoms with Crippen LogP contribution < -0.4 is 10.1 Å². The largest absolute Gasteiger partial charge is 0.497 e. The molecule has 1 N–H and O–H groups in total. The molecule has 2 nitrogen and oxygen atoms in total. The van der Waals surface area contributed by atoms with Crippen molar-refractivity contribution in [1.29, 1.82) is 0 Å². The molecule has 1 fully saturated rings. The molecule has 2 heteroatoms. The van der Waals surface area contributed by atoms with Crippen LogP contribution in [0.5, 0.6) is 5.75 Å². The molecular formula is C16H25NO. The summed E-state index contributed by atoms with van der Waals surface area (Å²) < 4.78 is 5.16. The van der Waals surface area contributed by atoms with E-state index in [4.69, 9.17) is 4.74 Å². The second-order valence-corrected chi connectivity index (χ2v) is 5.52. The van der Waals surface area contributed by atoms with Crippen molar-refractivity contribution in [1.82, 2.24) is 5.32 Å². The van der Waals surface area contributed by atoms with E-state index in [1.807, 2.05) is 12.1 Å². The number of rotatable bonds is 5. The molecule has 1 aliphatic carbocycles. The van der Waals surface area contributed by atoms with E-state index in [0.29, 0.717) is 0 Å². The lowest BCUT2D eigenvalue weighted by Crippen LogP contribution is -2.34. The van der Waals surface area contributed by atoms with Gasteiger partial charge in [0.1, 0.15) is 5.75 Å². The minimum absolute atomic E-state index is 0.743. The Labute approximate surface area is 111 Å². The lowest BCUT2D eigenvalue weighted by atomic mass is 9.87. The van der Waals surface area contributed by atoms with Crippen LogP contribution in [0.1, 0.15) is 38.2 Å². The predicted molar refractivity (Wildman–Crippen MR) is 76.1 cm³/mol. The first-order chi connectivity index (χ1) is 8.78. The molecule has 1 aromatic carbocycles. The predicted octanol–water partition coefficient (Wildman–Crippen LogP) is 3.41. The highest BCUT2D eigenvalue weighted by Crippen LogP contribution is 2.23. The summed E-state index contributed by atoms with van der Waals surface area (Å²) in [6.45, 7) is 3.46. The molecule has 0 spiro atoms. The first kappa shape index (κ1) is 13.4. The lowest BCUT2D eigenvalue weighted by molar-refractivity contribution is 0.303. The quantitative estimate of drug-likeness (QED) is 0.861. The van der Waals surface area contributed by atoms with Crippen molar-refractivity contribution >= 4 is 0 Å². The van der Waals surface area contributed by atoms with Crippen molar-refractivity contribution in [2.75, 3.05) is 13.7 Å². The summed E-state index contributed by atoms with van der Waals surface area (Å²) in [7, 11) is 1.71. The maximum absolute atomic E-state index is 5.16. The van der Waals surface area contributed by atoms with Crippen LogP contribution in [0.15, 0.2) is 24.3 Å². The van der Waals surface area contributed by atoms with Crippen molar-refractivity contribution in [3.05, 3.63) is 29.8 Å². The molecule has 1 aliphatic rings. The zero-order valence-electron chi connectivity index (χ0n) is 11.6. The van der Waals surface area contributed by atoms with Crippen molar-refractivity contribution in [3.8, 4) is 5.75 Å². The molecule has 0 unspecified atom stereocenters. The number of hydrogen-bond acceptors (Lipinski definition) is 2. The summed E-state index contributed by atoms with van der Waals surface area (Å²) in [5.41, 5.74) is 1.38. The van der Waals surface area contributed by atoms with Gasteiger partial charge in [0.25, 0.3) is 0 Å². The normalized spacial score (nSPS) is 23.9. The van der Waals surface area contributed by atoms with E-state index in [9.17, 15) is 0 Å². The maximum Gasteiger partial charge on any atom is 0.118 e. The van der Waals surface area contributed by atoms with Crippen LogP contribution >= 0.6 is 0 Å². The molecule has 100 valence electrons. The van der Waals surface area contributed by atoms with E-state index < -0.39 is 0 Å². The van der Waals surface area contributed by atoms with Gasteiger partial charge >= 0.3 is 0 Å². The molecule has 1 aromatic rings. The van der Waals surface area contributed by atoms with E-state index in [1.165, 1.54) is 31.2 Å². The summed E-state index contributed by atoms with van der Waals surface area (Å²) >= 11 is 0. The van der Waals surface area contributed by atoms with E-state index in [1.54, 1.807) is 7.11 Å². The van der Waals surface area contributed by atoms with Crippen molar-refractivity contribution < 1.29 is 4.74 Å². The van der Waals surface area contributed by atoms with Gasteiger partial charge in [0, 0.05) is 6.04 Å². The minimum Gasteiger partial charge on any atom is -0.497 e. The van der Waals surface area contributed by atoms with E-state index in [0.717, 1.165) is 30.7 Å². The van der Waals surface area contributed by atoms with Gasteiger partial charge in [-0.2, -0.15) is 0 Å². The third-order valence-corrected chi connectivity index (χ3v) is 3.94. The van der Waals surface area contributed by atoms with Crippen LogP contribution in [0.25, 0.3) is 0 Å². The van der Waals surface area contributed by atoms with Gasteiger partial charge in [-0.15, -0.1) is 0 Å². The van der Waals surface area contributed by atoms with Crippen molar-refractivity contribution in [2.45, 2.75) is 45.1 Å². The Morgan fingerprint density at radius 2 is 2.00 bits per heavy atom. The fourth-order valence-corrected chi connectivity index (χ4v) is 2.83. The Morgan fingerprint density at radius 1 is 1.22 bits per heavy atom. The van der Waals surface area contributed by atoms with Gasteiger partial charge in [-0.05, 0) is 49.4 Å². The van der Waals surface area contributed by atoms with E-state index in [-0.39, 0.29) is 0 Å². The number of benzene rings is 1. The third kappa shape index (κ3) is 4.02. The molecule has 0 radical (unpaired) electrons. The Kier molecular flexibility index (Phi) is 5.06. The molecule has 2 rings (SSSR count). The van der Waals surface area contributed by atoms with Crippen LogP contribution in [0.2, 0.25) is 0 Å². The zero-order valence-corrected chi connectivity index (χ0v) is 11.6. The SMILES string of the molecule is COc1ccc(CCN[C@H]2CCC[C@H](C)C2)cc1. The number of hydrogen-bond donors (Lipinski definition) is 1. The van der Waals surface area contributed by atoms with Gasteiger partial charge in [0.15, 0.2) is 0 Å². The second kappa shape index (κ2) is 6.79. The summed E-state index contributed by atoms with van der Waals surface area (Å²) in [4.78, 5) is 0. The summed E-state index contributed by atoms with van der Waals surface area (Å²) in [6.07, 6.45) is 6.61. The second-order valence-electron chi connectivity index (χ2n) is 5.52. The topological polar surface area (TPSA) is 21.3 Å². The smallest absolute Gasteiger partial charge is 0.118 e. The molecule has 0 heterocycles. The van der Waals surface area contributed by atoms with Crippen LogP contribution in [-0.4, -0.2) is 19.7 Å². The van der Waals surface area contributed by atoms with Gasteiger partial charge < -0.3 is 10.1 Å². The molecule has 0 aromatic heterocycles. The Bertz CT molecular complexity index is 347. The highest BCUT2D eigenvalue weighted by Gasteiger charge is 2.17. The minimum atomic E-state index is 0.743. The maximum atomic E-state index is 5.16. The van der Waals surface area contributed by atoms with Gasteiger partial charge in [0.05, 0.1) is 7.11 Å². The summed E-state index contributed by atoms with van der Waals surface area (Å²) in [5, 5.41) is 3.70. The van der Waals surface area contributed by atoms with Crippen LogP contribution in [-0.2, 0) is 6.42 Å². The molecule has 0 amide bonds. The fraction of sp³-hybridized carbons (Fsp3) is 0.625. The Morgan fingerprint density at radius 3 is 2.67 bits per heavy atom. The molecule has 2 atom stereocenters. The zero-order chi connectivity index (χ0) is 12.8. The number of nitrogens with one attached hydrogen (secondary N) is 1. The van der Waals surface area contributed by atoms with Crippen LogP contribution in [0, 0.1) is 5.92 Å². The van der Waals surface area contributed by atoms with Crippen LogP contribution in [0.4, 0.5) is 0 Å². The van der Waals surface area contributed by atoms with Crippen molar-refractivity contribution in [2.24, 2.45) is 5.92 Å². The molecular weight excluding hydrogens is 222 g/mol. The monoisotopic (exact) mass is 247 g/mol. The van der Waals surface area contributed by atoms with Crippen LogP contribution in [0.3, 0.4) is 0 Å². The first-order valence-electron chi connectivity index (χ1n) is 7.14. The molecule has 18 heavy (non-hydrogen) atoms. The standard InChI is InChI=1S/C16H25NO/c1-13-4-3-5-15(12-13)17-11-10-14-6-8-16(18-2)9-7-14/h6-9,13,15,17H,3-5,10-12H2,1-2H3/t13-,15-/m0/s1. The molecule has 0 aliphatic heterocycles. The number of ether oxygens (including phenoxy) is 1. The average molecular weight is 247 g/mol.